The van der Waals surface area contributed by atoms with E-state index in [0.717, 1.165) is 5.56 Å². The van der Waals surface area contributed by atoms with Gasteiger partial charge in [0.2, 0.25) is 0 Å². The van der Waals surface area contributed by atoms with Crippen LogP contribution in [0.2, 0.25) is 0 Å². The molecule has 3 rings (SSSR count). The number of aromatic nitrogens is 2. The van der Waals surface area contributed by atoms with Crippen molar-refractivity contribution >= 4 is 5.91 Å². The number of hydrogen-bond donors (Lipinski definition) is 1. The Labute approximate surface area is 138 Å². The summed E-state index contributed by atoms with van der Waals surface area (Å²) in [4.78, 5) is 19.7. The van der Waals surface area contributed by atoms with E-state index in [-0.39, 0.29) is 17.4 Å². The molecule has 3 aromatic rings. The number of carbonyl (C=O) groups is 1. The van der Waals surface area contributed by atoms with Crippen molar-refractivity contribution in [3.05, 3.63) is 84.2 Å². The van der Waals surface area contributed by atoms with Crippen molar-refractivity contribution in [1.82, 2.24) is 15.3 Å². The first kappa shape index (κ1) is 15.6. The molecule has 120 valence electrons. The normalized spacial score (nSPS) is 10.2. The summed E-state index contributed by atoms with van der Waals surface area (Å²) < 4.78 is 18.6. The topological polar surface area (TPSA) is 64.1 Å². The van der Waals surface area contributed by atoms with E-state index in [2.05, 4.69) is 15.3 Å². The van der Waals surface area contributed by atoms with Crippen molar-refractivity contribution in [2.75, 3.05) is 0 Å². The van der Waals surface area contributed by atoms with Crippen LogP contribution in [0.5, 0.6) is 11.5 Å². The third-order valence-corrected chi connectivity index (χ3v) is 3.20. The molecule has 1 aromatic heterocycles. The number of nitrogens with zero attached hydrogens (tertiary/aromatic N) is 2. The van der Waals surface area contributed by atoms with Crippen LogP contribution in [0.3, 0.4) is 0 Å². The molecule has 0 spiro atoms. The monoisotopic (exact) mass is 323 g/mol. The lowest BCUT2D eigenvalue weighted by Crippen LogP contribution is -2.23. The zero-order valence-corrected chi connectivity index (χ0v) is 12.6. The summed E-state index contributed by atoms with van der Waals surface area (Å²) in [6.45, 7) is 0.329. The molecule has 0 unspecified atom stereocenters. The van der Waals surface area contributed by atoms with Crippen LogP contribution in [0.15, 0.2) is 67.1 Å². The number of halogens is 1. The van der Waals surface area contributed by atoms with E-state index in [1.165, 1.54) is 30.7 Å². The second kappa shape index (κ2) is 7.32. The number of carbonyl (C=O) groups excluding carboxylic acids is 1. The molecule has 0 aliphatic rings. The van der Waals surface area contributed by atoms with Gasteiger partial charge in [0.1, 0.15) is 23.0 Å². The van der Waals surface area contributed by atoms with E-state index in [0.29, 0.717) is 18.0 Å². The molecule has 1 amide bonds. The predicted molar refractivity (Wildman–Crippen MR) is 86.1 cm³/mol. The third-order valence-electron chi connectivity index (χ3n) is 3.20. The lowest BCUT2D eigenvalue weighted by Gasteiger charge is -2.08. The van der Waals surface area contributed by atoms with Gasteiger partial charge in [0.25, 0.3) is 5.91 Å². The van der Waals surface area contributed by atoms with Crippen LogP contribution in [-0.4, -0.2) is 15.9 Å². The van der Waals surface area contributed by atoms with Crippen LogP contribution in [0.1, 0.15) is 16.1 Å². The summed E-state index contributed by atoms with van der Waals surface area (Å²) in [6.07, 6.45) is 4.38. The van der Waals surface area contributed by atoms with E-state index >= 15 is 0 Å². The Morgan fingerprint density at radius 3 is 2.67 bits per heavy atom. The van der Waals surface area contributed by atoms with Gasteiger partial charge >= 0.3 is 0 Å². The lowest BCUT2D eigenvalue weighted by molar-refractivity contribution is 0.0945. The average Bonchev–Trinajstić information content (AvgIpc) is 2.63. The zero-order valence-electron chi connectivity index (χ0n) is 12.6. The van der Waals surface area contributed by atoms with Crippen LogP contribution in [-0.2, 0) is 6.54 Å². The van der Waals surface area contributed by atoms with Gasteiger partial charge in [0, 0.05) is 18.9 Å². The van der Waals surface area contributed by atoms with Gasteiger partial charge in [-0.2, -0.15) is 0 Å². The van der Waals surface area contributed by atoms with Crippen molar-refractivity contribution in [2.45, 2.75) is 6.54 Å². The number of nitrogens with one attached hydrogen (secondary N) is 1. The first-order chi connectivity index (χ1) is 11.7. The Kier molecular flexibility index (Phi) is 4.76. The fourth-order valence-corrected chi connectivity index (χ4v) is 2.05. The van der Waals surface area contributed by atoms with E-state index in [4.69, 9.17) is 4.74 Å². The summed E-state index contributed by atoms with van der Waals surface area (Å²) in [5, 5.41) is 2.77. The molecule has 0 atom stereocenters. The molecule has 0 fully saturated rings. The maximum atomic E-state index is 12.9. The highest BCUT2D eigenvalue weighted by Crippen LogP contribution is 2.22. The number of amides is 1. The van der Waals surface area contributed by atoms with Crippen molar-refractivity contribution in [1.29, 1.82) is 0 Å². The summed E-state index contributed by atoms with van der Waals surface area (Å²) >= 11 is 0. The molecule has 0 saturated heterocycles. The SMILES string of the molecule is O=C(NCc1cccc(Oc2ccc(F)cc2)c1)c1cnccn1. The van der Waals surface area contributed by atoms with Gasteiger partial charge in [0.15, 0.2) is 0 Å². The minimum Gasteiger partial charge on any atom is -0.457 e. The zero-order chi connectivity index (χ0) is 16.8. The van der Waals surface area contributed by atoms with Crippen LogP contribution < -0.4 is 10.1 Å². The molecular weight excluding hydrogens is 309 g/mol. The molecule has 0 aliphatic carbocycles. The minimum atomic E-state index is -0.317. The maximum Gasteiger partial charge on any atom is 0.271 e. The molecule has 1 N–H and O–H groups in total. The fourth-order valence-electron chi connectivity index (χ4n) is 2.05. The smallest absolute Gasteiger partial charge is 0.271 e. The highest BCUT2D eigenvalue weighted by atomic mass is 19.1. The van der Waals surface area contributed by atoms with E-state index in [1.807, 2.05) is 12.1 Å². The molecule has 6 heteroatoms. The highest BCUT2D eigenvalue weighted by Gasteiger charge is 2.07. The van der Waals surface area contributed by atoms with Crippen LogP contribution >= 0.6 is 0 Å². The van der Waals surface area contributed by atoms with Gasteiger partial charge in [0.05, 0.1) is 6.20 Å². The molecule has 0 bridgehead atoms. The van der Waals surface area contributed by atoms with Crippen LogP contribution in [0.25, 0.3) is 0 Å². The first-order valence-corrected chi connectivity index (χ1v) is 7.27. The minimum absolute atomic E-state index is 0.260. The Balaban J connectivity index is 1.63. The lowest BCUT2D eigenvalue weighted by atomic mass is 10.2. The van der Waals surface area contributed by atoms with Crippen LogP contribution in [0.4, 0.5) is 4.39 Å². The van der Waals surface area contributed by atoms with Crippen molar-refractivity contribution < 1.29 is 13.9 Å². The second-order valence-corrected chi connectivity index (χ2v) is 4.98. The molecule has 0 aliphatic heterocycles. The summed E-state index contributed by atoms with van der Waals surface area (Å²) in [5.41, 5.74) is 1.13. The molecule has 2 aromatic carbocycles. The number of rotatable bonds is 5. The Morgan fingerprint density at radius 2 is 1.92 bits per heavy atom. The standard InChI is InChI=1S/C18H14FN3O2/c19-14-4-6-15(7-5-14)24-16-3-1-2-13(10-16)11-22-18(23)17-12-20-8-9-21-17/h1-10,12H,11H2,(H,22,23). The van der Waals surface area contributed by atoms with Gasteiger partial charge in [-0.25, -0.2) is 9.37 Å². The van der Waals surface area contributed by atoms with Gasteiger partial charge in [-0.05, 0) is 42.0 Å². The predicted octanol–water partition coefficient (Wildman–Crippen LogP) is 3.34. The largest absolute Gasteiger partial charge is 0.457 e. The molecule has 1 heterocycles. The molecular formula is C18H14FN3O2. The molecule has 24 heavy (non-hydrogen) atoms. The second-order valence-electron chi connectivity index (χ2n) is 4.98. The summed E-state index contributed by atoms with van der Waals surface area (Å²) in [6, 6.07) is 13.1. The third kappa shape index (κ3) is 4.13. The quantitative estimate of drug-likeness (QED) is 0.782. The van der Waals surface area contributed by atoms with Crippen molar-refractivity contribution in [2.24, 2.45) is 0 Å². The number of benzene rings is 2. The summed E-state index contributed by atoms with van der Waals surface area (Å²) in [5.74, 6) is 0.529. The van der Waals surface area contributed by atoms with Gasteiger partial charge in [-0.1, -0.05) is 12.1 Å². The van der Waals surface area contributed by atoms with Gasteiger partial charge in [-0.15, -0.1) is 0 Å². The molecule has 5 nitrogen and oxygen atoms in total. The number of ether oxygens (including phenoxy) is 1. The summed E-state index contributed by atoms with van der Waals surface area (Å²) in [7, 11) is 0. The Bertz CT molecular complexity index is 823. The van der Waals surface area contributed by atoms with Crippen molar-refractivity contribution in [3.63, 3.8) is 0 Å². The number of hydrogen-bond acceptors (Lipinski definition) is 4. The molecule has 0 radical (unpaired) electrons. The van der Waals surface area contributed by atoms with E-state index in [1.54, 1.807) is 24.3 Å². The average molecular weight is 323 g/mol. The van der Waals surface area contributed by atoms with Crippen LogP contribution in [0, 0.1) is 5.82 Å². The first-order valence-electron chi connectivity index (χ1n) is 7.27. The fraction of sp³-hybridized carbons (Fsp3) is 0.0556. The highest BCUT2D eigenvalue weighted by molar-refractivity contribution is 5.91. The van der Waals surface area contributed by atoms with E-state index < -0.39 is 0 Å². The Morgan fingerprint density at radius 1 is 1.08 bits per heavy atom. The van der Waals surface area contributed by atoms with E-state index in [9.17, 15) is 9.18 Å². The maximum absolute atomic E-state index is 12.9. The van der Waals surface area contributed by atoms with Crippen molar-refractivity contribution in [3.8, 4) is 11.5 Å². The Hall–Kier alpha value is -3.28. The van der Waals surface area contributed by atoms with Gasteiger partial charge in [-0.3, -0.25) is 9.78 Å². The van der Waals surface area contributed by atoms with Gasteiger partial charge < -0.3 is 10.1 Å². The molecule has 0 saturated carbocycles.